The van der Waals surface area contributed by atoms with E-state index in [0.717, 1.165) is 47.3 Å². The summed E-state index contributed by atoms with van der Waals surface area (Å²) >= 11 is 1.59. The van der Waals surface area contributed by atoms with Gasteiger partial charge in [0.15, 0.2) is 0 Å². The topological polar surface area (TPSA) is 102 Å². The molecule has 0 fully saturated rings. The molecule has 0 amide bonds. The summed E-state index contributed by atoms with van der Waals surface area (Å²) in [6, 6.07) is 13.8. The predicted octanol–water partition coefficient (Wildman–Crippen LogP) is 5.18. The first kappa shape index (κ1) is 21.0. The normalized spacial score (nSPS) is 13.4. The maximum Gasteiger partial charge on any atom is 0.284 e. The number of nitro benzene ring substituents is 1. The third-order valence-corrected chi connectivity index (χ3v) is 6.89. The van der Waals surface area contributed by atoms with Crippen LogP contribution < -0.4 is 10.9 Å². The van der Waals surface area contributed by atoms with E-state index in [1.807, 2.05) is 31.2 Å². The van der Waals surface area contributed by atoms with Crippen LogP contribution in [0.2, 0.25) is 0 Å². The van der Waals surface area contributed by atoms with Gasteiger partial charge in [0, 0.05) is 22.7 Å². The van der Waals surface area contributed by atoms with E-state index in [0.29, 0.717) is 16.9 Å². The van der Waals surface area contributed by atoms with Crippen molar-refractivity contribution in [1.29, 1.82) is 0 Å². The number of nitro groups is 1. The summed E-state index contributed by atoms with van der Waals surface area (Å²) in [5.41, 5.74) is 3.45. The Hall–Kier alpha value is -3.85. The molecule has 8 nitrogen and oxygen atoms in total. The lowest BCUT2D eigenvalue weighted by atomic mass is 9.97. The Labute approximate surface area is 193 Å². The van der Waals surface area contributed by atoms with E-state index in [4.69, 9.17) is 4.98 Å². The molecule has 9 heteroatoms. The molecule has 0 spiro atoms. The van der Waals surface area contributed by atoms with Gasteiger partial charge in [-0.05, 0) is 68.0 Å². The van der Waals surface area contributed by atoms with Gasteiger partial charge in [0.2, 0.25) is 5.95 Å². The van der Waals surface area contributed by atoms with Crippen LogP contribution in [-0.4, -0.2) is 20.8 Å². The number of fused-ring (bicyclic) bond motifs is 3. The fourth-order valence-corrected chi connectivity index (χ4v) is 5.21. The van der Waals surface area contributed by atoms with Gasteiger partial charge in [-0.2, -0.15) is 9.78 Å². The summed E-state index contributed by atoms with van der Waals surface area (Å²) in [6.45, 7) is 2.01. The first-order chi connectivity index (χ1) is 16.0. The first-order valence-electron chi connectivity index (χ1n) is 10.7. The van der Waals surface area contributed by atoms with E-state index in [1.165, 1.54) is 27.9 Å². The van der Waals surface area contributed by atoms with Crippen LogP contribution in [-0.2, 0) is 12.8 Å². The molecule has 5 rings (SSSR count). The minimum absolute atomic E-state index is 0.000897. The van der Waals surface area contributed by atoms with Crippen LogP contribution >= 0.6 is 11.3 Å². The number of anilines is 2. The number of nitrogens with one attached hydrogen (secondary N) is 1. The molecule has 0 bridgehead atoms. The van der Waals surface area contributed by atoms with Gasteiger partial charge >= 0.3 is 0 Å². The number of nitrogens with zero attached hydrogens (tertiary/aromatic N) is 4. The zero-order valence-electron chi connectivity index (χ0n) is 17.9. The molecule has 0 radical (unpaired) electrons. The highest BCUT2D eigenvalue weighted by molar-refractivity contribution is 7.18. The van der Waals surface area contributed by atoms with E-state index in [1.54, 1.807) is 23.5 Å². The molecule has 33 heavy (non-hydrogen) atoms. The molecule has 0 atom stereocenters. The van der Waals surface area contributed by atoms with Gasteiger partial charge in [0.1, 0.15) is 4.83 Å². The standard InChI is InChI=1S/C24H21N5O3S/c1-15-6-10-17(11-7-15)26-24-27-22-21(19-4-2-3-5-20(19)33-22)23(30)28(24)25-14-16-8-12-18(13-9-16)29(31)32/h6-14H,2-5H2,1H3,(H,26,27)/b25-14+. The molecular weight excluding hydrogens is 438 g/mol. The van der Waals surface area contributed by atoms with Gasteiger partial charge in [-0.3, -0.25) is 14.9 Å². The minimum atomic E-state index is -0.452. The quantitative estimate of drug-likeness (QED) is 0.252. The number of rotatable bonds is 5. The van der Waals surface area contributed by atoms with E-state index in [2.05, 4.69) is 10.4 Å². The van der Waals surface area contributed by atoms with Gasteiger partial charge < -0.3 is 5.32 Å². The number of non-ortho nitro benzene ring substituents is 1. The van der Waals surface area contributed by atoms with Crippen LogP contribution in [0.1, 0.15) is 34.4 Å². The zero-order valence-corrected chi connectivity index (χ0v) is 18.8. The van der Waals surface area contributed by atoms with Crippen molar-refractivity contribution in [2.75, 3.05) is 5.32 Å². The highest BCUT2D eigenvalue weighted by atomic mass is 32.1. The van der Waals surface area contributed by atoms with Crippen molar-refractivity contribution in [3.8, 4) is 0 Å². The Bertz CT molecular complexity index is 1440. The molecule has 0 unspecified atom stereocenters. The van der Waals surface area contributed by atoms with Crippen LogP contribution in [0.5, 0.6) is 0 Å². The van der Waals surface area contributed by atoms with Gasteiger partial charge in [-0.25, -0.2) is 4.98 Å². The smallest absolute Gasteiger partial charge is 0.284 e. The molecule has 1 aliphatic carbocycles. The molecule has 2 aromatic heterocycles. The van der Waals surface area contributed by atoms with E-state index < -0.39 is 4.92 Å². The second-order valence-electron chi connectivity index (χ2n) is 8.03. The van der Waals surface area contributed by atoms with Crippen molar-refractivity contribution in [1.82, 2.24) is 9.66 Å². The molecule has 0 saturated heterocycles. The highest BCUT2D eigenvalue weighted by Gasteiger charge is 2.22. The Morgan fingerprint density at radius 3 is 2.58 bits per heavy atom. The average Bonchev–Trinajstić information content (AvgIpc) is 3.19. The number of hydrogen-bond acceptors (Lipinski definition) is 7. The average molecular weight is 460 g/mol. The Kier molecular flexibility index (Phi) is 5.47. The third-order valence-electron chi connectivity index (χ3n) is 5.70. The molecule has 1 aliphatic rings. The SMILES string of the molecule is Cc1ccc(Nc2nc3sc4c(c3c(=O)n2/N=C/c2ccc([N+](=O)[O-])cc2)CCCC4)cc1. The number of thiophene rings is 1. The lowest BCUT2D eigenvalue weighted by molar-refractivity contribution is -0.384. The summed E-state index contributed by atoms with van der Waals surface area (Å²) < 4.78 is 1.28. The Balaban J connectivity index is 1.61. The molecule has 4 aromatic rings. The summed E-state index contributed by atoms with van der Waals surface area (Å²) in [5, 5.41) is 19.2. The fraction of sp³-hybridized carbons (Fsp3) is 0.208. The lowest BCUT2D eigenvalue weighted by Gasteiger charge is -2.12. The molecule has 0 aliphatic heterocycles. The van der Waals surface area contributed by atoms with Crippen molar-refractivity contribution >= 4 is 45.1 Å². The lowest BCUT2D eigenvalue weighted by Crippen LogP contribution is -2.21. The van der Waals surface area contributed by atoms with Gasteiger partial charge in [-0.1, -0.05) is 17.7 Å². The third kappa shape index (κ3) is 4.14. The van der Waals surface area contributed by atoms with E-state index in [-0.39, 0.29) is 11.2 Å². The van der Waals surface area contributed by atoms with E-state index >= 15 is 0 Å². The molecule has 2 aromatic carbocycles. The van der Waals surface area contributed by atoms with E-state index in [9.17, 15) is 14.9 Å². The number of benzene rings is 2. The zero-order chi connectivity index (χ0) is 22.9. The second kappa shape index (κ2) is 8.59. The Morgan fingerprint density at radius 1 is 1.12 bits per heavy atom. The number of aromatic nitrogens is 2. The van der Waals surface area contributed by atoms with Crippen molar-refractivity contribution in [3.63, 3.8) is 0 Å². The van der Waals surface area contributed by atoms with Gasteiger partial charge in [-0.15, -0.1) is 11.3 Å². The van der Waals surface area contributed by atoms with Crippen LogP contribution in [0.15, 0.2) is 58.4 Å². The van der Waals surface area contributed by atoms with Gasteiger partial charge in [0.25, 0.3) is 11.2 Å². The number of aryl methyl sites for hydroxylation is 3. The fourth-order valence-electron chi connectivity index (χ4n) is 3.96. The second-order valence-corrected chi connectivity index (χ2v) is 9.11. The summed E-state index contributed by atoms with van der Waals surface area (Å²) in [4.78, 5) is 30.8. The predicted molar refractivity (Wildman–Crippen MR) is 131 cm³/mol. The summed E-state index contributed by atoms with van der Waals surface area (Å²) in [5.74, 6) is 0.327. The van der Waals surface area contributed by atoms with Crippen molar-refractivity contribution < 1.29 is 4.92 Å². The monoisotopic (exact) mass is 459 g/mol. The maximum absolute atomic E-state index is 13.6. The summed E-state index contributed by atoms with van der Waals surface area (Å²) in [6.07, 6.45) is 5.55. The molecule has 1 N–H and O–H groups in total. The molecule has 166 valence electrons. The molecule has 2 heterocycles. The highest BCUT2D eigenvalue weighted by Crippen LogP contribution is 2.34. The van der Waals surface area contributed by atoms with Crippen molar-refractivity contribution in [2.45, 2.75) is 32.6 Å². The maximum atomic E-state index is 13.6. The largest absolute Gasteiger partial charge is 0.324 e. The van der Waals surface area contributed by atoms with Crippen LogP contribution in [0, 0.1) is 17.0 Å². The van der Waals surface area contributed by atoms with Crippen LogP contribution in [0.3, 0.4) is 0 Å². The minimum Gasteiger partial charge on any atom is -0.324 e. The summed E-state index contributed by atoms with van der Waals surface area (Å²) in [7, 11) is 0. The van der Waals surface area contributed by atoms with Crippen molar-refractivity contribution in [2.24, 2.45) is 5.10 Å². The van der Waals surface area contributed by atoms with Gasteiger partial charge in [0.05, 0.1) is 16.5 Å². The first-order valence-corrected chi connectivity index (χ1v) is 11.5. The number of hydrogen-bond donors (Lipinski definition) is 1. The van der Waals surface area contributed by atoms with Crippen LogP contribution in [0.25, 0.3) is 10.2 Å². The van der Waals surface area contributed by atoms with Crippen molar-refractivity contribution in [3.05, 3.63) is 90.6 Å². The van der Waals surface area contributed by atoms with Crippen LogP contribution in [0.4, 0.5) is 17.3 Å². The molecular formula is C24H21N5O3S. The molecule has 0 saturated carbocycles. The Morgan fingerprint density at radius 2 is 1.85 bits per heavy atom.